The van der Waals surface area contributed by atoms with Crippen molar-refractivity contribution in [2.45, 2.75) is 17.7 Å². The lowest BCUT2D eigenvalue weighted by Crippen LogP contribution is -2.50. The van der Waals surface area contributed by atoms with Crippen LogP contribution < -0.4 is 4.74 Å². The summed E-state index contributed by atoms with van der Waals surface area (Å²) in [5.41, 5.74) is 0.302. The quantitative estimate of drug-likeness (QED) is 0.678. The molecule has 1 aromatic carbocycles. The van der Waals surface area contributed by atoms with Crippen molar-refractivity contribution < 1.29 is 22.7 Å². The molecule has 10 heteroatoms. The van der Waals surface area contributed by atoms with E-state index < -0.39 is 10.0 Å². The second-order valence-corrected chi connectivity index (χ2v) is 10.4. The number of rotatable bonds is 5. The van der Waals surface area contributed by atoms with E-state index in [9.17, 15) is 18.0 Å². The fourth-order valence-corrected chi connectivity index (χ4v) is 6.32. The van der Waals surface area contributed by atoms with Gasteiger partial charge >= 0.3 is 0 Å². The van der Waals surface area contributed by atoms with E-state index in [1.807, 2.05) is 11.4 Å². The first kappa shape index (κ1) is 21.8. The standard InChI is InChI=1S/C21H25N3O5S2/c1-29-17-7-6-16(15-19(17)31(27,28)24-8-2-3-9-24)20(25)22-10-12-23(13-11-22)21(26)18-5-4-14-30-18/h4-7,14-15H,2-3,8-13H2,1H3. The molecule has 0 unspecified atom stereocenters. The van der Waals surface area contributed by atoms with Crippen LogP contribution in [0.25, 0.3) is 0 Å². The van der Waals surface area contributed by atoms with Gasteiger partial charge in [-0.3, -0.25) is 9.59 Å². The molecule has 2 fully saturated rings. The highest BCUT2D eigenvalue weighted by atomic mass is 32.2. The third-order valence-corrected chi connectivity index (χ3v) is 8.46. The van der Waals surface area contributed by atoms with Gasteiger partial charge in [-0.15, -0.1) is 11.3 Å². The van der Waals surface area contributed by atoms with Gasteiger partial charge < -0.3 is 14.5 Å². The predicted molar refractivity (Wildman–Crippen MR) is 117 cm³/mol. The van der Waals surface area contributed by atoms with Crippen molar-refractivity contribution in [1.29, 1.82) is 0 Å². The van der Waals surface area contributed by atoms with Crippen LogP contribution in [0.3, 0.4) is 0 Å². The maximum atomic E-state index is 13.1. The van der Waals surface area contributed by atoms with Crippen LogP contribution >= 0.6 is 11.3 Å². The maximum absolute atomic E-state index is 13.1. The number of nitrogens with zero attached hydrogens (tertiary/aromatic N) is 3. The number of thiophene rings is 1. The molecule has 0 spiro atoms. The van der Waals surface area contributed by atoms with Gasteiger partial charge in [-0.2, -0.15) is 4.31 Å². The summed E-state index contributed by atoms with van der Waals surface area (Å²) in [5.74, 6) is -0.0379. The van der Waals surface area contributed by atoms with Crippen LogP contribution in [0.2, 0.25) is 0 Å². The van der Waals surface area contributed by atoms with Crippen LogP contribution in [0.5, 0.6) is 5.75 Å². The molecule has 0 N–H and O–H groups in total. The number of benzene rings is 1. The third-order valence-electron chi connectivity index (χ3n) is 5.68. The molecule has 4 rings (SSSR count). The molecule has 2 aromatic rings. The Morgan fingerprint density at radius 3 is 2.16 bits per heavy atom. The lowest BCUT2D eigenvalue weighted by Gasteiger charge is -2.34. The molecule has 0 saturated carbocycles. The Labute approximate surface area is 186 Å². The average Bonchev–Trinajstić information content (AvgIpc) is 3.52. The molecule has 3 heterocycles. The van der Waals surface area contributed by atoms with E-state index in [0.29, 0.717) is 49.7 Å². The van der Waals surface area contributed by atoms with Gasteiger partial charge in [-0.1, -0.05) is 6.07 Å². The van der Waals surface area contributed by atoms with Crippen molar-refractivity contribution in [2.24, 2.45) is 0 Å². The van der Waals surface area contributed by atoms with E-state index in [1.54, 1.807) is 21.9 Å². The summed E-state index contributed by atoms with van der Waals surface area (Å²) in [7, 11) is -2.31. The maximum Gasteiger partial charge on any atom is 0.264 e. The Balaban J connectivity index is 1.50. The van der Waals surface area contributed by atoms with Crippen molar-refractivity contribution in [3.05, 3.63) is 46.2 Å². The number of methoxy groups -OCH3 is 1. The first-order valence-corrected chi connectivity index (χ1v) is 12.5. The molecule has 0 aliphatic carbocycles. The van der Waals surface area contributed by atoms with Crippen molar-refractivity contribution in [3.63, 3.8) is 0 Å². The summed E-state index contributed by atoms with van der Waals surface area (Å²) in [5, 5.41) is 1.87. The molecule has 2 amide bonds. The highest BCUT2D eigenvalue weighted by molar-refractivity contribution is 7.89. The highest BCUT2D eigenvalue weighted by Crippen LogP contribution is 2.30. The van der Waals surface area contributed by atoms with E-state index in [4.69, 9.17) is 4.74 Å². The van der Waals surface area contributed by atoms with E-state index in [1.165, 1.54) is 34.9 Å². The van der Waals surface area contributed by atoms with Gasteiger partial charge in [0.1, 0.15) is 10.6 Å². The summed E-state index contributed by atoms with van der Waals surface area (Å²) in [6, 6.07) is 8.18. The van der Waals surface area contributed by atoms with Crippen LogP contribution in [0.15, 0.2) is 40.6 Å². The predicted octanol–water partition coefficient (Wildman–Crippen LogP) is 2.14. The van der Waals surface area contributed by atoms with Crippen LogP contribution in [0.1, 0.15) is 32.9 Å². The molecular formula is C21H25N3O5S2. The molecule has 0 atom stereocenters. The molecular weight excluding hydrogens is 438 g/mol. The van der Waals surface area contributed by atoms with Gasteiger partial charge in [-0.25, -0.2) is 8.42 Å². The fourth-order valence-electron chi connectivity index (χ4n) is 3.93. The number of sulfonamides is 1. The van der Waals surface area contributed by atoms with Crippen LogP contribution in [0, 0.1) is 0 Å². The number of ether oxygens (including phenoxy) is 1. The van der Waals surface area contributed by atoms with Gasteiger partial charge in [0, 0.05) is 44.8 Å². The number of hydrogen-bond donors (Lipinski definition) is 0. The minimum absolute atomic E-state index is 0.0225. The van der Waals surface area contributed by atoms with E-state index >= 15 is 0 Å². The van der Waals surface area contributed by atoms with Crippen LogP contribution in [0.4, 0.5) is 0 Å². The zero-order valence-corrected chi connectivity index (χ0v) is 19.0. The lowest BCUT2D eigenvalue weighted by molar-refractivity contribution is 0.0538. The molecule has 2 aliphatic heterocycles. The Bertz CT molecular complexity index is 1050. The van der Waals surface area contributed by atoms with Crippen LogP contribution in [-0.4, -0.2) is 80.7 Å². The fraction of sp³-hybridized carbons (Fsp3) is 0.429. The minimum atomic E-state index is -3.73. The SMILES string of the molecule is COc1ccc(C(=O)N2CCN(C(=O)c3cccs3)CC2)cc1S(=O)(=O)N1CCCC1. The summed E-state index contributed by atoms with van der Waals surface area (Å²) < 4.78 is 32.9. The molecule has 8 nitrogen and oxygen atoms in total. The summed E-state index contributed by atoms with van der Waals surface area (Å²) in [4.78, 5) is 29.7. The van der Waals surface area contributed by atoms with E-state index in [-0.39, 0.29) is 22.5 Å². The Hall–Kier alpha value is -2.43. The molecule has 166 valence electrons. The van der Waals surface area contributed by atoms with Gasteiger partial charge in [0.25, 0.3) is 11.8 Å². The molecule has 2 aliphatic rings. The van der Waals surface area contributed by atoms with Gasteiger partial charge in [0.2, 0.25) is 10.0 Å². The Morgan fingerprint density at radius 2 is 1.58 bits per heavy atom. The number of carbonyl (C=O) groups is 2. The topological polar surface area (TPSA) is 87.2 Å². The van der Waals surface area contributed by atoms with Crippen molar-refractivity contribution >= 4 is 33.2 Å². The summed E-state index contributed by atoms with van der Waals surface area (Å²) >= 11 is 1.40. The van der Waals surface area contributed by atoms with Crippen molar-refractivity contribution in [3.8, 4) is 5.75 Å². The second-order valence-electron chi connectivity index (χ2n) is 7.54. The Kier molecular flexibility index (Phi) is 6.31. The molecule has 0 bridgehead atoms. The third kappa shape index (κ3) is 4.32. The summed E-state index contributed by atoms with van der Waals surface area (Å²) in [6.45, 7) is 2.63. The van der Waals surface area contributed by atoms with Gasteiger partial charge in [0.15, 0.2) is 0 Å². The minimum Gasteiger partial charge on any atom is -0.495 e. The number of carbonyl (C=O) groups excluding carboxylic acids is 2. The normalized spacial score (nSPS) is 17.7. The smallest absolute Gasteiger partial charge is 0.264 e. The zero-order valence-electron chi connectivity index (χ0n) is 17.3. The average molecular weight is 464 g/mol. The van der Waals surface area contributed by atoms with Gasteiger partial charge in [0.05, 0.1) is 12.0 Å². The molecule has 0 radical (unpaired) electrons. The molecule has 1 aromatic heterocycles. The molecule has 2 saturated heterocycles. The zero-order chi connectivity index (χ0) is 22.0. The number of amides is 2. The molecule has 31 heavy (non-hydrogen) atoms. The van der Waals surface area contributed by atoms with Gasteiger partial charge in [-0.05, 0) is 42.5 Å². The van der Waals surface area contributed by atoms with Crippen LogP contribution in [-0.2, 0) is 10.0 Å². The monoisotopic (exact) mass is 463 g/mol. The Morgan fingerprint density at radius 1 is 0.935 bits per heavy atom. The second kappa shape index (κ2) is 8.97. The van der Waals surface area contributed by atoms with E-state index in [2.05, 4.69) is 0 Å². The highest BCUT2D eigenvalue weighted by Gasteiger charge is 2.32. The lowest BCUT2D eigenvalue weighted by atomic mass is 10.1. The van der Waals surface area contributed by atoms with E-state index in [0.717, 1.165) is 12.8 Å². The first-order chi connectivity index (χ1) is 14.9. The largest absolute Gasteiger partial charge is 0.495 e. The number of hydrogen-bond acceptors (Lipinski definition) is 6. The number of piperazine rings is 1. The first-order valence-electron chi connectivity index (χ1n) is 10.2. The van der Waals surface area contributed by atoms with Crippen molar-refractivity contribution in [1.82, 2.24) is 14.1 Å². The van der Waals surface area contributed by atoms with Crippen molar-refractivity contribution in [2.75, 3.05) is 46.4 Å². The summed E-state index contributed by atoms with van der Waals surface area (Å²) in [6.07, 6.45) is 1.66.